The maximum atomic E-state index is 14.5. The quantitative estimate of drug-likeness (QED) is 0.744. The van der Waals surface area contributed by atoms with Gasteiger partial charge in [0.15, 0.2) is 5.13 Å². The molecule has 4 unspecified atom stereocenters. The number of aromatic nitrogens is 1. The molecule has 1 heterocycles. The van der Waals surface area contributed by atoms with Gasteiger partial charge in [0.05, 0.1) is 10.2 Å². The molecule has 4 rings (SSSR count). The van der Waals surface area contributed by atoms with E-state index in [9.17, 15) is 31.1 Å². The number of carbonyl (C=O) groups is 1. The van der Waals surface area contributed by atoms with Gasteiger partial charge in [-0.15, -0.1) is 0 Å². The van der Waals surface area contributed by atoms with E-state index in [4.69, 9.17) is 0 Å². The lowest BCUT2D eigenvalue weighted by Crippen LogP contribution is -2.61. The second-order valence-electron chi connectivity index (χ2n) is 6.69. The number of halogens is 6. The first-order valence-corrected chi connectivity index (χ1v) is 8.67. The van der Waals surface area contributed by atoms with Crippen molar-refractivity contribution in [3.8, 4) is 0 Å². The molecule has 1 aromatic carbocycles. The van der Waals surface area contributed by atoms with E-state index in [-0.39, 0.29) is 5.13 Å². The topological polar surface area (TPSA) is 42.0 Å². The number of hydrogen-bond donors (Lipinski definition) is 1. The Kier molecular flexibility index (Phi) is 3.61. The standard InChI is InChI=1S/C16H12F6N2OS/c17-14(16(20,21)22)9-6-7(15(14,18)19)5-8(9)12(25)24-13-23-10-3-1-2-4-11(10)26-13/h1-4,7-9H,5-6H2,(H,23,24,25). The van der Waals surface area contributed by atoms with Crippen molar-refractivity contribution in [2.45, 2.75) is 30.6 Å². The fourth-order valence-corrected chi connectivity index (χ4v) is 5.00. The average Bonchev–Trinajstić information content (AvgIpc) is 3.20. The van der Waals surface area contributed by atoms with E-state index in [1.165, 1.54) is 0 Å². The number of rotatable bonds is 2. The van der Waals surface area contributed by atoms with Gasteiger partial charge >= 0.3 is 6.18 Å². The molecule has 0 saturated heterocycles. The van der Waals surface area contributed by atoms with Crippen LogP contribution in [0.15, 0.2) is 24.3 Å². The number of para-hydroxylation sites is 1. The molecule has 4 atom stereocenters. The number of alkyl halides is 6. The Hall–Kier alpha value is -1.84. The maximum Gasteiger partial charge on any atom is 0.428 e. The van der Waals surface area contributed by atoms with Gasteiger partial charge in [-0.3, -0.25) is 4.79 Å². The average molecular weight is 394 g/mol. The summed E-state index contributed by atoms with van der Waals surface area (Å²) < 4.78 is 82.5. The highest BCUT2D eigenvalue weighted by atomic mass is 32.1. The van der Waals surface area contributed by atoms with Crippen LogP contribution in [0, 0.1) is 17.8 Å². The lowest BCUT2D eigenvalue weighted by Gasteiger charge is -2.40. The summed E-state index contributed by atoms with van der Waals surface area (Å²) in [5, 5.41) is 2.51. The van der Waals surface area contributed by atoms with Gasteiger partial charge < -0.3 is 5.32 Å². The van der Waals surface area contributed by atoms with Crippen molar-refractivity contribution in [2.75, 3.05) is 5.32 Å². The van der Waals surface area contributed by atoms with Crippen LogP contribution in [0.2, 0.25) is 0 Å². The van der Waals surface area contributed by atoms with Crippen molar-refractivity contribution in [1.29, 1.82) is 0 Å². The van der Waals surface area contributed by atoms with Crippen LogP contribution in [0.1, 0.15) is 12.8 Å². The zero-order chi connectivity index (χ0) is 18.9. The van der Waals surface area contributed by atoms with E-state index in [0.29, 0.717) is 5.52 Å². The minimum atomic E-state index is -5.75. The SMILES string of the molecule is O=C(Nc1nc2ccccc2s1)C1CC2CC1C(F)(C(F)(F)F)C2(F)F. The van der Waals surface area contributed by atoms with Crippen LogP contribution >= 0.6 is 11.3 Å². The van der Waals surface area contributed by atoms with Crippen molar-refractivity contribution >= 4 is 32.6 Å². The number of hydrogen-bond acceptors (Lipinski definition) is 3. The Morgan fingerprint density at radius 2 is 1.88 bits per heavy atom. The van der Waals surface area contributed by atoms with Crippen molar-refractivity contribution in [1.82, 2.24) is 4.98 Å². The van der Waals surface area contributed by atoms with Gasteiger partial charge in [-0.2, -0.15) is 13.2 Å². The molecular formula is C16H12F6N2OS. The first-order chi connectivity index (χ1) is 12.1. The van der Waals surface area contributed by atoms with Crippen LogP contribution in [-0.4, -0.2) is 28.7 Å². The molecule has 2 aromatic rings. The summed E-state index contributed by atoms with van der Waals surface area (Å²) in [7, 11) is 0. The Morgan fingerprint density at radius 1 is 1.19 bits per heavy atom. The fourth-order valence-electron chi connectivity index (χ4n) is 4.13. The van der Waals surface area contributed by atoms with Crippen LogP contribution in [0.25, 0.3) is 10.2 Å². The van der Waals surface area contributed by atoms with Crippen LogP contribution < -0.4 is 5.32 Å². The number of benzene rings is 1. The zero-order valence-electron chi connectivity index (χ0n) is 13.0. The summed E-state index contributed by atoms with van der Waals surface area (Å²) in [5.74, 6) is -10.8. The molecule has 26 heavy (non-hydrogen) atoms. The highest BCUT2D eigenvalue weighted by Gasteiger charge is 2.84. The Morgan fingerprint density at radius 3 is 2.50 bits per heavy atom. The number of thiazole rings is 1. The molecule has 3 nitrogen and oxygen atoms in total. The van der Waals surface area contributed by atoms with E-state index >= 15 is 0 Å². The largest absolute Gasteiger partial charge is 0.428 e. The Labute approximate surface area is 147 Å². The molecule has 1 N–H and O–H groups in total. The molecule has 0 spiro atoms. The zero-order valence-corrected chi connectivity index (χ0v) is 13.8. The van der Waals surface area contributed by atoms with Crippen molar-refractivity contribution < 1.29 is 31.1 Å². The summed E-state index contributed by atoms with van der Waals surface area (Å²) >= 11 is 1.10. The van der Waals surface area contributed by atoms with E-state index in [0.717, 1.165) is 16.0 Å². The molecule has 1 amide bonds. The van der Waals surface area contributed by atoms with E-state index in [2.05, 4.69) is 10.3 Å². The van der Waals surface area contributed by atoms with Crippen molar-refractivity contribution in [3.05, 3.63) is 24.3 Å². The maximum absolute atomic E-state index is 14.5. The number of carbonyl (C=O) groups excluding carboxylic acids is 1. The lowest BCUT2D eigenvalue weighted by atomic mass is 9.75. The first-order valence-electron chi connectivity index (χ1n) is 7.85. The van der Waals surface area contributed by atoms with Crippen molar-refractivity contribution in [3.63, 3.8) is 0 Å². The molecule has 2 bridgehead atoms. The summed E-state index contributed by atoms with van der Waals surface area (Å²) in [6.45, 7) is 0. The Bertz CT molecular complexity index is 848. The van der Waals surface area contributed by atoms with E-state index in [1.54, 1.807) is 24.3 Å². The molecule has 2 fully saturated rings. The number of nitrogens with one attached hydrogen (secondary N) is 1. The summed E-state index contributed by atoms with van der Waals surface area (Å²) in [4.78, 5) is 16.5. The minimum absolute atomic E-state index is 0.141. The number of nitrogens with zero attached hydrogens (tertiary/aromatic N) is 1. The van der Waals surface area contributed by atoms with Gasteiger partial charge in [0.2, 0.25) is 5.91 Å². The molecule has 2 aliphatic rings. The smallest absolute Gasteiger partial charge is 0.302 e. The van der Waals surface area contributed by atoms with Gasteiger partial charge in [-0.1, -0.05) is 23.5 Å². The molecule has 2 saturated carbocycles. The summed E-state index contributed by atoms with van der Waals surface area (Å²) in [6.07, 6.45) is -6.89. The molecule has 0 radical (unpaired) electrons. The van der Waals surface area contributed by atoms with Crippen molar-refractivity contribution in [2.24, 2.45) is 17.8 Å². The lowest BCUT2D eigenvalue weighted by molar-refractivity contribution is -0.321. The molecular weight excluding hydrogens is 382 g/mol. The van der Waals surface area contributed by atoms with Crippen LogP contribution in [-0.2, 0) is 4.79 Å². The van der Waals surface area contributed by atoms with Gasteiger partial charge in [0.1, 0.15) is 0 Å². The highest BCUT2D eigenvalue weighted by molar-refractivity contribution is 7.22. The van der Waals surface area contributed by atoms with E-state index < -0.39 is 54.3 Å². The third-order valence-corrected chi connectivity index (χ3v) is 6.30. The predicted octanol–water partition coefficient (Wildman–Crippen LogP) is 4.80. The molecule has 10 heteroatoms. The molecule has 140 valence electrons. The molecule has 2 aliphatic carbocycles. The van der Waals surface area contributed by atoms with Crippen LogP contribution in [0.4, 0.5) is 31.5 Å². The van der Waals surface area contributed by atoms with Gasteiger partial charge in [-0.25, -0.2) is 18.2 Å². The fraction of sp³-hybridized carbons (Fsp3) is 0.500. The number of fused-ring (bicyclic) bond motifs is 3. The predicted molar refractivity (Wildman–Crippen MR) is 82.8 cm³/mol. The van der Waals surface area contributed by atoms with Gasteiger partial charge in [0, 0.05) is 17.8 Å². The Balaban J connectivity index is 1.60. The minimum Gasteiger partial charge on any atom is -0.302 e. The monoisotopic (exact) mass is 394 g/mol. The molecule has 1 aromatic heterocycles. The van der Waals surface area contributed by atoms with Gasteiger partial charge in [-0.05, 0) is 25.0 Å². The second-order valence-corrected chi connectivity index (χ2v) is 7.72. The normalized spacial score (nSPS) is 32.9. The third kappa shape index (κ3) is 2.20. The summed E-state index contributed by atoms with van der Waals surface area (Å²) in [6, 6.07) is 6.92. The van der Waals surface area contributed by atoms with Crippen LogP contribution in [0.5, 0.6) is 0 Å². The summed E-state index contributed by atoms with van der Waals surface area (Å²) in [5.41, 5.74) is -4.10. The number of amides is 1. The van der Waals surface area contributed by atoms with E-state index in [1.807, 2.05) is 0 Å². The van der Waals surface area contributed by atoms with Gasteiger partial charge in [0.25, 0.3) is 11.6 Å². The third-order valence-electron chi connectivity index (χ3n) is 5.34. The number of anilines is 1. The molecule has 0 aliphatic heterocycles. The second kappa shape index (κ2) is 5.34. The first kappa shape index (κ1) is 17.6. The van der Waals surface area contributed by atoms with Crippen LogP contribution in [0.3, 0.4) is 0 Å². The highest BCUT2D eigenvalue weighted by Crippen LogP contribution is 2.68.